The minimum atomic E-state index is -2.05. The van der Waals surface area contributed by atoms with Crippen molar-refractivity contribution in [3.8, 4) is 0 Å². The van der Waals surface area contributed by atoms with Gasteiger partial charge in [-0.2, -0.15) is 0 Å². The second kappa shape index (κ2) is 6.70. The van der Waals surface area contributed by atoms with Crippen LogP contribution in [0.5, 0.6) is 0 Å². The molecule has 0 radical (unpaired) electrons. The maximum Gasteiger partial charge on any atom is 0.247 e. The molecule has 1 rings (SSSR count). The van der Waals surface area contributed by atoms with Crippen molar-refractivity contribution in [2.75, 3.05) is 5.32 Å². The molecule has 0 bridgehead atoms. The van der Waals surface area contributed by atoms with Crippen LogP contribution in [0.1, 0.15) is 26.3 Å². The highest BCUT2D eigenvalue weighted by Crippen LogP contribution is 2.37. The van der Waals surface area contributed by atoms with Crippen LogP contribution in [0.15, 0.2) is 24.8 Å². The molecule has 1 aromatic rings. The molecular weight excluding hydrogens is 304 g/mol. The van der Waals surface area contributed by atoms with Crippen molar-refractivity contribution in [2.45, 2.75) is 45.5 Å². The van der Waals surface area contributed by atoms with Gasteiger partial charge in [0.05, 0.1) is 12.3 Å². The fraction of sp³-hybridized carbons (Fsp3) is 0.438. The van der Waals surface area contributed by atoms with Crippen molar-refractivity contribution in [1.82, 2.24) is 0 Å². The van der Waals surface area contributed by atoms with Gasteiger partial charge < -0.3 is 9.74 Å². The number of carbonyl (C=O) groups is 1. The third-order valence-electron chi connectivity index (χ3n) is 3.97. The predicted octanol–water partition coefficient (Wildman–Crippen LogP) is 4.61. The fourth-order valence-electron chi connectivity index (χ4n) is 1.45. The highest BCUT2D eigenvalue weighted by Gasteiger charge is 2.37. The average molecular weight is 327 g/mol. The highest BCUT2D eigenvalue weighted by atomic mass is 28.4. The zero-order valence-electron chi connectivity index (χ0n) is 13.7. The molecule has 6 heteroatoms. The summed E-state index contributed by atoms with van der Waals surface area (Å²) in [6.07, 6.45) is 0.992. The van der Waals surface area contributed by atoms with E-state index in [1.165, 1.54) is 0 Å². The highest BCUT2D eigenvalue weighted by molar-refractivity contribution is 6.74. The number of nitrogens with one attached hydrogen (secondary N) is 1. The fourth-order valence-corrected chi connectivity index (χ4v) is 2.40. The van der Waals surface area contributed by atoms with Crippen molar-refractivity contribution in [3.63, 3.8) is 0 Å². The first-order chi connectivity index (χ1) is 9.98. The van der Waals surface area contributed by atoms with E-state index in [1.807, 2.05) is 13.1 Å². The molecule has 0 fully saturated rings. The van der Waals surface area contributed by atoms with Gasteiger partial charge in [0.1, 0.15) is 11.6 Å². The summed E-state index contributed by atoms with van der Waals surface area (Å²) < 4.78 is 33.9. The molecule has 0 atom stereocenters. The minimum Gasteiger partial charge on any atom is -0.412 e. The van der Waals surface area contributed by atoms with Crippen molar-refractivity contribution in [2.24, 2.45) is 0 Å². The summed E-state index contributed by atoms with van der Waals surface area (Å²) in [5.41, 5.74) is -0.0718. The van der Waals surface area contributed by atoms with E-state index in [-0.39, 0.29) is 22.9 Å². The average Bonchev–Trinajstić information content (AvgIpc) is 2.39. The number of hydrogen-bond acceptors (Lipinski definition) is 2. The molecule has 0 aromatic heterocycles. The van der Waals surface area contributed by atoms with Crippen LogP contribution < -0.4 is 5.32 Å². The van der Waals surface area contributed by atoms with Crippen LogP contribution in [-0.4, -0.2) is 14.2 Å². The molecule has 0 aliphatic carbocycles. The molecule has 1 amide bonds. The topological polar surface area (TPSA) is 38.3 Å². The molecule has 0 unspecified atom stereocenters. The van der Waals surface area contributed by atoms with E-state index in [1.54, 1.807) is 0 Å². The van der Waals surface area contributed by atoms with Gasteiger partial charge in [-0.05, 0) is 30.3 Å². The second-order valence-electron chi connectivity index (χ2n) is 6.67. The Balaban J connectivity index is 2.92. The molecular formula is C16H23F2NO2Si. The van der Waals surface area contributed by atoms with Crippen molar-refractivity contribution >= 4 is 19.9 Å². The van der Waals surface area contributed by atoms with Gasteiger partial charge in [-0.15, -0.1) is 0 Å². The number of halogens is 2. The maximum absolute atomic E-state index is 14.0. The Bertz CT molecular complexity index is 580. The van der Waals surface area contributed by atoms with Crippen molar-refractivity contribution in [3.05, 3.63) is 42.0 Å². The molecule has 0 heterocycles. The Hall–Kier alpha value is -1.53. The quantitative estimate of drug-likeness (QED) is 0.633. The molecule has 0 aliphatic heterocycles. The summed E-state index contributed by atoms with van der Waals surface area (Å²) >= 11 is 0. The van der Waals surface area contributed by atoms with Crippen LogP contribution in [0, 0.1) is 11.6 Å². The smallest absolute Gasteiger partial charge is 0.247 e. The maximum atomic E-state index is 14.0. The summed E-state index contributed by atoms with van der Waals surface area (Å²) in [5, 5.41) is 2.21. The van der Waals surface area contributed by atoms with E-state index >= 15 is 0 Å². The molecule has 3 nitrogen and oxygen atoms in total. The zero-order valence-corrected chi connectivity index (χ0v) is 14.7. The summed E-state index contributed by atoms with van der Waals surface area (Å²) in [4.78, 5) is 11.2. The van der Waals surface area contributed by atoms with Crippen molar-refractivity contribution < 1.29 is 18.0 Å². The number of benzene rings is 1. The van der Waals surface area contributed by atoms with Crippen LogP contribution in [0.25, 0.3) is 0 Å². The van der Waals surface area contributed by atoms with Crippen LogP contribution in [0.4, 0.5) is 14.5 Å². The lowest BCUT2D eigenvalue weighted by molar-refractivity contribution is -0.111. The van der Waals surface area contributed by atoms with E-state index in [0.717, 1.165) is 18.2 Å². The number of amides is 1. The van der Waals surface area contributed by atoms with Gasteiger partial charge in [0.15, 0.2) is 8.32 Å². The van der Waals surface area contributed by atoms with Crippen LogP contribution in [0.3, 0.4) is 0 Å². The van der Waals surface area contributed by atoms with E-state index in [2.05, 4.69) is 32.7 Å². The summed E-state index contributed by atoms with van der Waals surface area (Å²) in [5.74, 6) is -1.91. The molecule has 122 valence electrons. The van der Waals surface area contributed by atoms with Gasteiger partial charge in [0, 0.05) is 11.6 Å². The first-order valence-electron chi connectivity index (χ1n) is 7.03. The van der Waals surface area contributed by atoms with E-state index in [4.69, 9.17) is 4.43 Å². The van der Waals surface area contributed by atoms with Gasteiger partial charge in [0.2, 0.25) is 5.91 Å². The Morgan fingerprint density at radius 2 is 1.91 bits per heavy atom. The van der Waals surface area contributed by atoms with E-state index < -0.39 is 25.9 Å². The number of carbonyl (C=O) groups excluding carboxylic acids is 1. The standard InChI is InChI=1S/C16H23F2NO2Si/c1-7-15(20)19-14-9-12(17)11(8-13(14)18)10-21-22(5,6)16(2,3)4/h7-9H,1,10H2,2-6H3,(H,19,20). The monoisotopic (exact) mass is 327 g/mol. The Morgan fingerprint density at radius 3 is 2.41 bits per heavy atom. The van der Waals surface area contributed by atoms with Crippen molar-refractivity contribution in [1.29, 1.82) is 0 Å². The Morgan fingerprint density at radius 1 is 1.32 bits per heavy atom. The molecule has 0 spiro atoms. The van der Waals surface area contributed by atoms with Crippen LogP contribution in [0.2, 0.25) is 18.1 Å². The Labute approximate surface area is 131 Å². The molecule has 1 aromatic carbocycles. The van der Waals surface area contributed by atoms with E-state index in [9.17, 15) is 13.6 Å². The third-order valence-corrected chi connectivity index (χ3v) is 8.45. The van der Waals surface area contributed by atoms with E-state index in [0.29, 0.717) is 0 Å². The third kappa shape index (κ3) is 4.48. The summed E-state index contributed by atoms with van der Waals surface area (Å²) in [6, 6.07) is 2.02. The molecule has 0 aliphatic rings. The van der Waals surface area contributed by atoms with Gasteiger partial charge in [0.25, 0.3) is 0 Å². The zero-order chi connectivity index (χ0) is 17.1. The minimum absolute atomic E-state index is 0.00886. The first kappa shape index (κ1) is 18.5. The lowest BCUT2D eigenvalue weighted by Crippen LogP contribution is -2.40. The van der Waals surface area contributed by atoms with Gasteiger partial charge in [-0.1, -0.05) is 27.4 Å². The second-order valence-corrected chi connectivity index (χ2v) is 11.5. The largest absolute Gasteiger partial charge is 0.412 e. The molecule has 0 saturated heterocycles. The lowest BCUT2D eigenvalue weighted by Gasteiger charge is -2.36. The number of rotatable bonds is 5. The number of anilines is 1. The SMILES string of the molecule is C=CC(=O)Nc1cc(F)c(CO[Si](C)(C)C(C)(C)C)cc1F. The molecule has 0 saturated carbocycles. The lowest BCUT2D eigenvalue weighted by atomic mass is 10.2. The first-order valence-corrected chi connectivity index (χ1v) is 9.94. The van der Waals surface area contributed by atoms with Gasteiger partial charge in [-0.25, -0.2) is 8.78 Å². The molecule has 22 heavy (non-hydrogen) atoms. The Kier molecular flexibility index (Phi) is 5.64. The molecule has 1 N–H and O–H groups in total. The predicted molar refractivity (Wildman–Crippen MR) is 87.2 cm³/mol. The van der Waals surface area contributed by atoms with Gasteiger partial charge in [-0.3, -0.25) is 4.79 Å². The normalized spacial score (nSPS) is 12.1. The summed E-state index contributed by atoms with van der Waals surface area (Å²) in [6.45, 7) is 13.6. The van der Waals surface area contributed by atoms with Crippen LogP contribution >= 0.6 is 0 Å². The number of hydrogen-bond donors (Lipinski definition) is 1. The van der Waals surface area contributed by atoms with Crippen LogP contribution in [-0.2, 0) is 15.8 Å². The summed E-state index contributed by atoms with van der Waals surface area (Å²) in [7, 11) is -2.05. The van der Waals surface area contributed by atoms with Gasteiger partial charge >= 0.3 is 0 Å².